The number of carbonyl (C=O) groups is 1. The van der Waals surface area contributed by atoms with Gasteiger partial charge in [-0.3, -0.25) is 4.79 Å². The van der Waals surface area contributed by atoms with Crippen LogP contribution in [0, 0.1) is 5.92 Å². The number of anilines is 1. The van der Waals surface area contributed by atoms with Crippen LogP contribution in [-0.4, -0.2) is 12.1 Å². The zero-order valence-corrected chi connectivity index (χ0v) is 11.7. The van der Waals surface area contributed by atoms with E-state index in [1.54, 1.807) is 12.1 Å². The molecule has 1 fully saturated rings. The van der Waals surface area contributed by atoms with Gasteiger partial charge in [0.15, 0.2) is 0 Å². The van der Waals surface area contributed by atoms with Gasteiger partial charge in [-0.25, -0.2) is 0 Å². The molecule has 0 unspecified atom stereocenters. The summed E-state index contributed by atoms with van der Waals surface area (Å²) in [4.78, 5) is 11.0. The molecule has 21 heavy (non-hydrogen) atoms. The number of rotatable bonds is 3. The van der Waals surface area contributed by atoms with Crippen molar-refractivity contribution in [2.45, 2.75) is 38.3 Å². The first kappa shape index (κ1) is 15.6. The van der Waals surface area contributed by atoms with E-state index in [1.807, 2.05) is 11.4 Å². The Morgan fingerprint density at radius 3 is 2.48 bits per heavy atom. The van der Waals surface area contributed by atoms with E-state index in [1.165, 1.54) is 12.5 Å². The van der Waals surface area contributed by atoms with E-state index in [9.17, 15) is 18.0 Å². The second-order valence-corrected chi connectivity index (χ2v) is 5.39. The molecule has 0 aliphatic heterocycles. The predicted octanol–water partition coefficient (Wildman–Crippen LogP) is 4.78. The van der Waals surface area contributed by atoms with Crippen LogP contribution < -0.4 is 5.32 Å². The molecular formula is C16H18F3NO. The molecule has 0 heterocycles. The van der Waals surface area contributed by atoms with Gasteiger partial charge in [0.25, 0.3) is 0 Å². The number of benzene rings is 1. The third kappa shape index (κ3) is 4.09. The predicted molar refractivity (Wildman–Crippen MR) is 76.7 cm³/mol. The molecule has 0 saturated heterocycles. The molecule has 2 rings (SSSR count). The largest absolute Gasteiger partial charge is 0.471 e. The Morgan fingerprint density at radius 1 is 1.19 bits per heavy atom. The maximum absolute atomic E-state index is 12.3. The molecule has 0 radical (unpaired) electrons. The quantitative estimate of drug-likeness (QED) is 0.854. The topological polar surface area (TPSA) is 29.1 Å². The summed E-state index contributed by atoms with van der Waals surface area (Å²) in [5.74, 6) is -1.57. The summed E-state index contributed by atoms with van der Waals surface area (Å²) in [5, 5.41) is 1.88. The van der Waals surface area contributed by atoms with Gasteiger partial charge in [0.05, 0.1) is 0 Å². The van der Waals surface area contributed by atoms with E-state index in [0.717, 1.165) is 36.8 Å². The first-order chi connectivity index (χ1) is 9.88. The number of alkyl halides is 3. The lowest BCUT2D eigenvalue weighted by Crippen LogP contribution is -2.29. The second kappa shape index (κ2) is 6.33. The SMILES string of the molecule is C=C(c1cccc(NC(=O)C(F)(F)F)c1)C1CCCCC1. The van der Waals surface area contributed by atoms with E-state index >= 15 is 0 Å². The van der Waals surface area contributed by atoms with E-state index in [4.69, 9.17) is 0 Å². The molecular weight excluding hydrogens is 279 g/mol. The van der Waals surface area contributed by atoms with Gasteiger partial charge in [-0.2, -0.15) is 13.2 Å². The summed E-state index contributed by atoms with van der Waals surface area (Å²) in [5.41, 5.74) is 1.88. The van der Waals surface area contributed by atoms with Crippen molar-refractivity contribution in [1.82, 2.24) is 0 Å². The molecule has 1 amide bonds. The van der Waals surface area contributed by atoms with Crippen LogP contribution >= 0.6 is 0 Å². The van der Waals surface area contributed by atoms with Gasteiger partial charge in [0.1, 0.15) is 0 Å². The molecule has 1 N–H and O–H groups in total. The number of halogens is 3. The van der Waals surface area contributed by atoms with Gasteiger partial charge < -0.3 is 5.32 Å². The van der Waals surface area contributed by atoms with E-state index in [0.29, 0.717) is 5.92 Å². The summed E-state index contributed by atoms with van der Waals surface area (Å²) in [6, 6.07) is 6.46. The minimum Gasteiger partial charge on any atom is -0.318 e. The Balaban J connectivity index is 2.10. The molecule has 2 nitrogen and oxygen atoms in total. The monoisotopic (exact) mass is 297 g/mol. The minimum absolute atomic E-state index is 0.145. The van der Waals surface area contributed by atoms with E-state index in [2.05, 4.69) is 6.58 Å². The summed E-state index contributed by atoms with van der Waals surface area (Å²) in [6.07, 6.45) is 0.806. The number of carbonyl (C=O) groups excluding carboxylic acids is 1. The fourth-order valence-corrected chi connectivity index (χ4v) is 2.69. The highest BCUT2D eigenvalue weighted by Crippen LogP contribution is 2.34. The first-order valence-corrected chi connectivity index (χ1v) is 7.05. The van der Waals surface area contributed by atoms with Gasteiger partial charge >= 0.3 is 12.1 Å². The van der Waals surface area contributed by atoms with Crippen LogP contribution in [0.3, 0.4) is 0 Å². The zero-order valence-electron chi connectivity index (χ0n) is 11.7. The van der Waals surface area contributed by atoms with Crippen molar-refractivity contribution in [3.63, 3.8) is 0 Å². The smallest absolute Gasteiger partial charge is 0.318 e. The van der Waals surface area contributed by atoms with Gasteiger partial charge in [0.2, 0.25) is 0 Å². The number of hydrogen-bond acceptors (Lipinski definition) is 1. The number of amides is 1. The van der Waals surface area contributed by atoms with Crippen LogP contribution in [0.1, 0.15) is 37.7 Å². The second-order valence-electron chi connectivity index (χ2n) is 5.39. The third-order valence-electron chi connectivity index (χ3n) is 3.85. The van der Waals surface area contributed by atoms with E-state index < -0.39 is 12.1 Å². The highest BCUT2D eigenvalue weighted by Gasteiger charge is 2.38. The van der Waals surface area contributed by atoms with Crippen LogP contribution in [0.25, 0.3) is 5.57 Å². The van der Waals surface area contributed by atoms with Gasteiger partial charge in [-0.15, -0.1) is 0 Å². The maximum Gasteiger partial charge on any atom is 0.471 e. The number of nitrogens with one attached hydrogen (secondary N) is 1. The van der Waals surface area contributed by atoms with Gasteiger partial charge in [-0.1, -0.05) is 38.0 Å². The maximum atomic E-state index is 12.3. The van der Waals surface area contributed by atoms with Crippen LogP contribution in [0.4, 0.5) is 18.9 Å². The van der Waals surface area contributed by atoms with Crippen molar-refractivity contribution in [2.24, 2.45) is 5.92 Å². The molecule has 1 saturated carbocycles. The average Bonchev–Trinajstić information content (AvgIpc) is 2.46. The van der Waals surface area contributed by atoms with Gasteiger partial charge in [-0.05, 0) is 42.0 Å². The average molecular weight is 297 g/mol. The van der Waals surface area contributed by atoms with Crippen LogP contribution in [-0.2, 0) is 4.79 Å². The van der Waals surface area contributed by atoms with Crippen molar-refractivity contribution >= 4 is 17.2 Å². The Kier molecular flexibility index (Phi) is 4.70. The first-order valence-electron chi connectivity index (χ1n) is 7.05. The summed E-state index contributed by atoms with van der Waals surface area (Å²) < 4.78 is 36.8. The fourth-order valence-electron chi connectivity index (χ4n) is 2.69. The highest BCUT2D eigenvalue weighted by atomic mass is 19.4. The number of allylic oxidation sites excluding steroid dienone is 1. The fraction of sp³-hybridized carbons (Fsp3) is 0.438. The Morgan fingerprint density at radius 2 is 1.86 bits per heavy atom. The highest BCUT2D eigenvalue weighted by molar-refractivity contribution is 5.95. The molecule has 1 aliphatic carbocycles. The van der Waals surface area contributed by atoms with Crippen molar-refractivity contribution in [1.29, 1.82) is 0 Å². The zero-order chi connectivity index (χ0) is 15.5. The molecule has 0 atom stereocenters. The van der Waals surface area contributed by atoms with Crippen LogP contribution in [0.5, 0.6) is 0 Å². The lowest BCUT2D eigenvalue weighted by Gasteiger charge is -2.24. The van der Waals surface area contributed by atoms with Crippen molar-refractivity contribution in [2.75, 3.05) is 5.32 Å². The Bertz CT molecular complexity index is 531. The molecule has 1 aromatic carbocycles. The standard InChI is InChI=1S/C16H18F3NO/c1-11(12-6-3-2-4-7-12)13-8-5-9-14(10-13)20-15(21)16(17,18)19/h5,8-10,12H,1-4,6-7H2,(H,20,21). The normalized spacial score (nSPS) is 16.5. The molecule has 1 aromatic rings. The summed E-state index contributed by atoms with van der Waals surface area (Å²) >= 11 is 0. The van der Waals surface area contributed by atoms with E-state index in [-0.39, 0.29) is 5.69 Å². The van der Waals surface area contributed by atoms with Gasteiger partial charge in [0, 0.05) is 5.69 Å². The molecule has 1 aliphatic rings. The van der Waals surface area contributed by atoms with Crippen LogP contribution in [0.15, 0.2) is 30.8 Å². The Labute approximate surface area is 122 Å². The lowest BCUT2D eigenvalue weighted by atomic mass is 9.82. The molecule has 114 valence electrons. The lowest BCUT2D eigenvalue weighted by molar-refractivity contribution is -0.167. The molecule has 0 bridgehead atoms. The van der Waals surface area contributed by atoms with Crippen LogP contribution in [0.2, 0.25) is 0 Å². The summed E-state index contributed by atoms with van der Waals surface area (Å²) in [7, 11) is 0. The van der Waals surface area contributed by atoms with Crippen molar-refractivity contribution in [3.05, 3.63) is 36.4 Å². The summed E-state index contributed by atoms with van der Waals surface area (Å²) in [6.45, 7) is 4.08. The molecule has 0 aromatic heterocycles. The third-order valence-corrected chi connectivity index (χ3v) is 3.85. The van der Waals surface area contributed by atoms with Crippen molar-refractivity contribution in [3.8, 4) is 0 Å². The Hall–Kier alpha value is -1.78. The number of hydrogen-bond donors (Lipinski definition) is 1. The minimum atomic E-state index is -4.88. The molecule has 0 spiro atoms. The molecule has 5 heteroatoms. The van der Waals surface area contributed by atoms with Crippen molar-refractivity contribution < 1.29 is 18.0 Å².